The van der Waals surface area contributed by atoms with Crippen LogP contribution in [0.1, 0.15) is 0 Å². The van der Waals surface area contributed by atoms with Crippen LogP contribution >= 0.6 is 0 Å². The first-order valence-electron chi connectivity index (χ1n) is 5.25. The number of hydrogen-bond donors (Lipinski definition) is 0. The van der Waals surface area contributed by atoms with Crippen molar-refractivity contribution < 1.29 is 0 Å². The first-order chi connectivity index (χ1) is 7.86. The van der Waals surface area contributed by atoms with E-state index >= 15 is 0 Å². The third-order valence-electron chi connectivity index (χ3n) is 3.24. The van der Waals surface area contributed by atoms with Crippen LogP contribution in [0.25, 0.3) is 21.5 Å². The molecular weight excluding hydrogens is 200 g/mol. The van der Waals surface area contributed by atoms with Gasteiger partial charge in [-0.25, -0.2) is 4.99 Å². The molecule has 0 spiro atoms. The van der Waals surface area contributed by atoms with E-state index in [9.17, 15) is 4.79 Å². The van der Waals surface area contributed by atoms with Gasteiger partial charge in [0.2, 0.25) is 0 Å². The van der Waals surface area contributed by atoms with Crippen molar-refractivity contribution in [2.75, 3.05) is 0 Å². The smallest absolute Gasteiger partial charge is 0.261 e. The van der Waals surface area contributed by atoms with Crippen LogP contribution in [-0.2, 0) is 6.67 Å². The average molecular weight is 208 g/mol. The zero-order valence-electron chi connectivity index (χ0n) is 8.47. The van der Waals surface area contributed by atoms with Gasteiger partial charge in [0, 0.05) is 16.2 Å². The van der Waals surface area contributed by atoms with E-state index in [4.69, 9.17) is 0 Å². The van der Waals surface area contributed by atoms with Crippen LogP contribution < -0.4 is 11.0 Å². The fourth-order valence-corrected chi connectivity index (χ4v) is 2.45. The molecule has 0 radical (unpaired) electrons. The van der Waals surface area contributed by atoms with E-state index < -0.39 is 0 Å². The molecule has 2 heterocycles. The molecule has 3 nitrogen and oxygen atoms in total. The van der Waals surface area contributed by atoms with Gasteiger partial charge >= 0.3 is 0 Å². The first kappa shape index (κ1) is 8.05. The second-order valence-electron chi connectivity index (χ2n) is 4.07. The van der Waals surface area contributed by atoms with Crippen molar-refractivity contribution in [2.24, 2.45) is 4.99 Å². The summed E-state index contributed by atoms with van der Waals surface area (Å²) in [6, 6.07) is 11.9. The van der Waals surface area contributed by atoms with Crippen LogP contribution in [0.5, 0.6) is 0 Å². The summed E-state index contributed by atoms with van der Waals surface area (Å²) < 4.78 is 1.73. The normalized spacial score (nSPS) is 13.5. The van der Waals surface area contributed by atoms with Crippen molar-refractivity contribution in [3.05, 3.63) is 52.2 Å². The third kappa shape index (κ3) is 0.758. The molecule has 3 heteroatoms. The Kier molecular flexibility index (Phi) is 1.26. The zero-order chi connectivity index (χ0) is 10.7. The van der Waals surface area contributed by atoms with Gasteiger partial charge in [-0.05, 0) is 11.5 Å². The summed E-state index contributed by atoms with van der Waals surface area (Å²) in [6.45, 7) is 0.499. The Hall–Kier alpha value is -2.16. The molecule has 0 amide bonds. The van der Waals surface area contributed by atoms with E-state index in [-0.39, 0.29) is 5.56 Å². The van der Waals surface area contributed by atoms with Crippen molar-refractivity contribution in [3.63, 3.8) is 0 Å². The fraction of sp³-hybridized carbons (Fsp3) is 0.0769. The van der Waals surface area contributed by atoms with Crippen LogP contribution in [-0.4, -0.2) is 4.57 Å². The highest BCUT2D eigenvalue weighted by Crippen LogP contribution is 2.22. The lowest BCUT2D eigenvalue weighted by atomic mass is 10.0. The molecule has 0 unspecified atom stereocenters. The van der Waals surface area contributed by atoms with E-state index in [1.807, 2.05) is 36.4 Å². The van der Waals surface area contributed by atoms with E-state index in [1.54, 1.807) is 4.57 Å². The van der Waals surface area contributed by atoms with Gasteiger partial charge in [0.25, 0.3) is 5.56 Å². The van der Waals surface area contributed by atoms with Gasteiger partial charge < -0.3 is 0 Å². The van der Waals surface area contributed by atoms with Crippen LogP contribution in [0.3, 0.4) is 0 Å². The lowest BCUT2D eigenvalue weighted by molar-refractivity contribution is 0.569. The molecule has 2 aromatic carbocycles. The predicted molar refractivity (Wildman–Crippen MR) is 62.5 cm³/mol. The monoisotopic (exact) mass is 208 g/mol. The van der Waals surface area contributed by atoms with E-state index in [0.29, 0.717) is 6.67 Å². The highest BCUT2D eigenvalue weighted by Gasteiger charge is 2.15. The number of nitrogens with zero attached hydrogens (tertiary/aromatic N) is 2. The number of benzene rings is 2. The lowest BCUT2D eigenvalue weighted by Crippen LogP contribution is -2.40. The Labute approximate surface area is 90.6 Å². The maximum Gasteiger partial charge on any atom is 0.261 e. The van der Waals surface area contributed by atoms with Gasteiger partial charge in [-0.2, -0.15) is 0 Å². The van der Waals surface area contributed by atoms with Crippen LogP contribution in [0.2, 0.25) is 0 Å². The minimum Gasteiger partial charge on any atom is -0.272 e. The number of aromatic nitrogens is 1. The molecule has 0 bridgehead atoms. The second kappa shape index (κ2) is 2.50. The molecule has 0 N–H and O–H groups in total. The third-order valence-corrected chi connectivity index (χ3v) is 3.24. The van der Waals surface area contributed by atoms with Crippen molar-refractivity contribution in [2.45, 2.75) is 6.67 Å². The van der Waals surface area contributed by atoms with Gasteiger partial charge in [-0.15, -0.1) is 0 Å². The summed E-state index contributed by atoms with van der Waals surface area (Å²) >= 11 is 0. The summed E-state index contributed by atoms with van der Waals surface area (Å²) in [4.78, 5) is 16.4. The summed E-state index contributed by atoms with van der Waals surface area (Å²) in [5.74, 6) is 0. The van der Waals surface area contributed by atoms with Gasteiger partial charge in [0.15, 0.2) is 0 Å². The van der Waals surface area contributed by atoms with E-state index in [0.717, 1.165) is 27.0 Å². The molecule has 4 rings (SSSR count). The predicted octanol–water partition coefficient (Wildman–Crippen LogP) is 1.46. The average Bonchev–Trinajstić information content (AvgIpc) is 2.25. The van der Waals surface area contributed by atoms with Crippen LogP contribution in [0, 0.1) is 0 Å². The molecule has 16 heavy (non-hydrogen) atoms. The minimum atomic E-state index is 0.0781. The van der Waals surface area contributed by atoms with E-state index in [1.165, 1.54) is 0 Å². The summed E-state index contributed by atoms with van der Waals surface area (Å²) in [5.41, 5.74) is 0.906. The maximum absolute atomic E-state index is 12.1. The Balaban J connectivity index is 2.54. The topological polar surface area (TPSA) is 34.4 Å². The highest BCUT2D eigenvalue weighted by molar-refractivity contribution is 6.09. The Morgan fingerprint density at radius 2 is 1.81 bits per heavy atom. The van der Waals surface area contributed by atoms with Gasteiger partial charge in [-0.1, -0.05) is 30.3 Å². The molecule has 1 aliphatic rings. The molecular formula is C13H8N2O. The number of fused-ring (bicyclic) bond motifs is 2. The van der Waals surface area contributed by atoms with Gasteiger partial charge in [0.1, 0.15) is 12.2 Å². The van der Waals surface area contributed by atoms with Crippen molar-refractivity contribution >= 4 is 21.5 Å². The summed E-state index contributed by atoms with van der Waals surface area (Å²) in [6.07, 6.45) is 0. The molecule has 0 saturated carbocycles. The molecule has 3 aromatic rings. The van der Waals surface area contributed by atoms with Crippen molar-refractivity contribution in [3.8, 4) is 0 Å². The van der Waals surface area contributed by atoms with Crippen LogP contribution in [0.15, 0.2) is 46.2 Å². The Morgan fingerprint density at radius 1 is 1.06 bits per heavy atom. The first-order valence-corrected chi connectivity index (χ1v) is 5.25. The molecule has 1 aromatic heterocycles. The van der Waals surface area contributed by atoms with Crippen molar-refractivity contribution in [1.29, 1.82) is 0 Å². The SMILES string of the molecule is O=c1c2cccc3cccc(c4n1CN=4)c32. The zero-order valence-corrected chi connectivity index (χ0v) is 8.47. The molecule has 0 aliphatic carbocycles. The molecule has 1 aliphatic heterocycles. The van der Waals surface area contributed by atoms with Gasteiger partial charge in [-0.3, -0.25) is 9.36 Å². The number of rotatable bonds is 0. The summed E-state index contributed by atoms with van der Waals surface area (Å²) in [5, 5.41) is 4.04. The fourth-order valence-electron chi connectivity index (χ4n) is 2.45. The standard InChI is InChI=1S/C13H8N2O/c16-13-10-6-2-4-8-3-1-5-9(11(8)10)12-14-7-15(12)13/h1-6H,7H2. The van der Waals surface area contributed by atoms with Crippen LogP contribution in [0.4, 0.5) is 0 Å². The Bertz CT molecular complexity index is 840. The molecule has 76 valence electrons. The van der Waals surface area contributed by atoms with E-state index in [2.05, 4.69) is 4.99 Å². The molecule has 0 fully saturated rings. The Morgan fingerprint density at radius 3 is 2.50 bits per heavy atom. The second-order valence-corrected chi connectivity index (χ2v) is 4.07. The number of pyridine rings is 1. The maximum atomic E-state index is 12.1. The summed E-state index contributed by atoms with van der Waals surface area (Å²) in [7, 11) is 0. The molecule has 0 atom stereocenters. The molecule has 0 saturated heterocycles. The largest absolute Gasteiger partial charge is 0.272 e. The van der Waals surface area contributed by atoms with Gasteiger partial charge in [0.05, 0.1) is 0 Å². The number of hydrogen-bond acceptors (Lipinski definition) is 2. The highest BCUT2D eigenvalue weighted by atomic mass is 16.1. The lowest BCUT2D eigenvalue weighted by Gasteiger charge is -2.15. The quantitative estimate of drug-likeness (QED) is 0.550. The minimum absolute atomic E-state index is 0.0781. The van der Waals surface area contributed by atoms with Crippen molar-refractivity contribution in [1.82, 2.24) is 4.57 Å².